The second-order valence-corrected chi connectivity index (χ2v) is 4.38. The van der Waals surface area contributed by atoms with Gasteiger partial charge < -0.3 is 10.1 Å². The van der Waals surface area contributed by atoms with Crippen molar-refractivity contribution >= 4 is 11.5 Å². The van der Waals surface area contributed by atoms with Crippen molar-refractivity contribution in [3.05, 3.63) is 34.6 Å². The van der Waals surface area contributed by atoms with Crippen LogP contribution in [0.4, 0.5) is 11.5 Å². The second kappa shape index (κ2) is 5.55. The highest BCUT2D eigenvalue weighted by Gasteiger charge is 2.19. The molecule has 2 rings (SSSR count). The number of nitrogens with zero attached hydrogens (tertiary/aromatic N) is 4. The van der Waals surface area contributed by atoms with Crippen LogP contribution in [0.2, 0.25) is 0 Å². The Bertz CT molecular complexity index is 623. The number of ether oxygens (including phenoxy) is 1. The van der Waals surface area contributed by atoms with Crippen molar-refractivity contribution in [1.29, 1.82) is 0 Å². The molecule has 0 aliphatic rings. The number of nitrogens with one attached hydrogen (secondary N) is 1. The average molecular weight is 277 g/mol. The van der Waals surface area contributed by atoms with Crippen LogP contribution < -0.4 is 10.1 Å². The summed E-state index contributed by atoms with van der Waals surface area (Å²) in [5, 5.41) is 17.9. The maximum Gasteiger partial charge on any atom is 0.331 e. The minimum atomic E-state index is -0.533. The zero-order valence-electron chi connectivity index (χ0n) is 11.4. The van der Waals surface area contributed by atoms with E-state index in [2.05, 4.69) is 15.4 Å². The summed E-state index contributed by atoms with van der Waals surface area (Å²) in [5.41, 5.74) is -0.193. The van der Waals surface area contributed by atoms with Crippen molar-refractivity contribution in [3.8, 4) is 11.6 Å². The number of aromatic nitrogens is 3. The largest absolute Gasteiger partial charge is 0.430 e. The predicted octanol–water partition coefficient (Wildman–Crippen LogP) is 2.60. The van der Waals surface area contributed by atoms with Crippen molar-refractivity contribution in [2.75, 3.05) is 12.4 Å². The SMILES string of the molecule is CNc1ccc([N+](=O)[O-])c(Oc2cnn(C(C)C)c2)n1. The summed E-state index contributed by atoms with van der Waals surface area (Å²) in [6.07, 6.45) is 3.17. The summed E-state index contributed by atoms with van der Waals surface area (Å²) in [7, 11) is 1.68. The van der Waals surface area contributed by atoms with Gasteiger partial charge >= 0.3 is 11.6 Å². The molecule has 0 aromatic carbocycles. The zero-order valence-corrected chi connectivity index (χ0v) is 11.4. The third kappa shape index (κ3) is 2.85. The summed E-state index contributed by atoms with van der Waals surface area (Å²) < 4.78 is 7.17. The highest BCUT2D eigenvalue weighted by Crippen LogP contribution is 2.30. The van der Waals surface area contributed by atoms with E-state index in [0.717, 1.165) is 0 Å². The Kier molecular flexibility index (Phi) is 3.83. The molecule has 0 atom stereocenters. The van der Waals surface area contributed by atoms with Gasteiger partial charge in [0.05, 0.1) is 17.3 Å². The minimum Gasteiger partial charge on any atom is -0.430 e. The zero-order chi connectivity index (χ0) is 14.7. The molecule has 1 N–H and O–H groups in total. The molecule has 0 aliphatic carbocycles. The van der Waals surface area contributed by atoms with Crippen molar-refractivity contribution in [3.63, 3.8) is 0 Å². The molecule has 0 spiro atoms. The van der Waals surface area contributed by atoms with Crippen LogP contribution in [0.25, 0.3) is 0 Å². The Morgan fingerprint density at radius 1 is 1.45 bits per heavy atom. The van der Waals surface area contributed by atoms with Crippen LogP contribution in [0.5, 0.6) is 11.6 Å². The summed E-state index contributed by atoms with van der Waals surface area (Å²) in [6, 6.07) is 3.04. The van der Waals surface area contributed by atoms with E-state index in [1.165, 1.54) is 18.3 Å². The molecule has 0 fully saturated rings. The monoisotopic (exact) mass is 277 g/mol. The number of hydrogen-bond donors (Lipinski definition) is 1. The summed E-state index contributed by atoms with van der Waals surface area (Å²) in [5.74, 6) is 0.828. The van der Waals surface area contributed by atoms with Gasteiger partial charge in [-0.1, -0.05) is 0 Å². The van der Waals surface area contributed by atoms with Crippen molar-refractivity contribution in [1.82, 2.24) is 14.8 Å². The number of anilines is 1. The van der Waals surface area contributed by atoms with E-state index < -0.39 is 4.92 Å². The lowest BCUT2D eigenvalue weighted by Gasteiger charge is -2.06. The standard InChI is InChI=1S/C12H15N5O3/c1-8(2)16-7-9(6-14-16)20-12-10(17(18)19)4-5-11(13-3)15-12/h4-8H,1-3H3,(H,13,15). The molecule has 106 valence electrons. The van der Waals surface area contributed by atoms with Crippen LogP contribution in [-0.4, -0.2) is 26.7 Å². The Morgan fingerprint density at radius 3 is 2.75 bits per heavy atom. The van der Waals surface area contributed by atoms with Gasteiger partial charge in [0.2, 0.25) is 0 Å². The summed E-state index contributed by atoms with van der Waals surface area (Å²) in [4.78, 5) is 14.5. The van der Waals surface area contributed by atoms with Gasteiger partial charge in [0, 0.05) is 19.2 Å². The Balaban J connectivity index is 2.32. The molecular formula is C12H15N5O3. The van der Waals surface area contributed by atoms with Gasteiger partial charge in [-0.2, -0.15) is 10.1 Å². The first-order chi connectivity index (χ1) is 9.51. The molecule has 0 amide bonds. The molecule has 0 saturated carbocycles. The first kappa shape index (κ1) is 13.8. The third-order valence-corrected chi connectivity index (χ3v) is 2.61. The quantitative estimate of drug-likeness (QED) is 0.666. The second-order valence-electron chi connectivity index (χ2n) is 4.38. The fraction of sp³-hybridized carbons (Fsp3) is 0.333. The third-order valence-electron chi connectivity index (χ3n) is 2.61. The average Bonchev–Trinajstić information content (AvgIpc) is 2.87. The lowest BCUT2D eigenvalue weighted by molar-refractivity contribution is -0.386. The fourth-order valence-electron chi connectivity index (χ4n) is 1.55. The van der Waals surface area contributed by atoms with Crippen LogP contribution in [0.1, 0.15) is 19.9 Å². The summed E-state index contributed by atoms with van der Waals surface area (Å²) >= 11 is 0. The molecule has 2 heterocycles. The van der Waals surface area contributed by atoms with E-state index in [9.17, 15) is 10.1 Å². The molecule has 0 bridgehead atoms. The number of nitro groups is 1. The van der Waals surface area contributed by atoms with Gasteiger partial charge in [-0.3, -0.25) is 14.8 Å². The van der Waals surface area contributed by atoms with Gasteiger partial charge in [0.25, 0.3) is 0 Å². The van der Waals surface area contributed by atoms with Gasteiger partial charge in [-0.25, -0.2) is 0 Å². The Hall–Kier alpha value is -2.64. The molecule has 8 heteroatoms. The van der Waals surface area contributed by atoms with Crippen LogP contribution in [0.15, 0.2) is 24.5 Å². The van der Waals surface area contributed by atoms with Crippen LogP contribution in [0, 0.1) is 10.1 Å². The molecular weight excluding hydrogens is 262 g/mol. The van der Waals surface area contributed by atoms with E-state index in [1.807, 2.05) is 13.8 Å². The number of rotatable bonds is 5. The molecule has 0 radical (unpaired) electrons. The molecule has 8 nitrogen and oxygen atoms in total. The van der Waals surface area contributed by atoms with E-state index >= 15 is 0 Å². The van der Waals surface area contributed by atoms with Crippen molar-refractivity contribution in [2.24, 2.45) is 0 Å². The first-order valence-corrected chi connectivity index (χ1v) is 6.06. The molecule has 2 aromatic heterocycles. The minimum absolute atomic E-state index is 0.0647. The first-order valence-electron chi connectivity index (χ1n) is 6.06. The van der Waals surface area contributed by atoms with E-state index in [1.54, 1.807) is 17.9 Å². The van der Waals surface area contributed by atoms with Gasteiger partial charge in [0.15, 0.2) is 5.75 Å². The summed E-state index contributed by atoms with van der Waals surface area (Å²) in [6.45, 7) is 3.94. The van der Waals surface area contributed by atoms with Crippen molar-refractivity contribution in [2.45, 2.75) is 19.9 Å². The fourth-order valence-corrected chi connectivity index (χ4v) is 1.55. The van der Waals surface area contributed by atoms with Gasteiger partial charge in [-0.05, 0) is 19.9 Å². The van der Waals surface area contributed by atoms with Crippen LogP contribution in [0.3, 0.4) is 0 Å². The van der Waals surface area contributed by atoms with E-state index in [4.69, 9.17) is 4.74 Å². The molecule has 2 aromatic rings. The van der Waals surface area contributed by atoms with E-state index in [0.29, 0.717) is 11.6 Å². The molecule has 0 saturated heterocycles. The normalized spacial score (nSPS) is 10.6. The lowest BCUT2D eigenvalue weighted by Crippen LogP contribution is -2.00. The van der Waals surface area contributed by atoms with Crippen LogP contribution >= 0.6 is 0 Å². The lowest BCUT2D eigenvalue weighted by atomic mass is 10.4. The highest BCUT2D eigenvalue weighted by atomic mass is 16.6. The van der Waals surface area contributed by atoms with E-state index in [-0.39, 0.29) is 17.6 Å². The van der Waals surface area contributed by atoms with Gasteiger partial charge in [0.1, 0.15) is 5.82 Å². The highest BCUT2D eigenvalue weighted by molar-refractivity contribution is 5.50. The topological polar surface area (TPSA) is 95.1 Å². The number of hydrogen-bond acceptors (Lipinski definition) is 6. The Labute approximate surface area is 115 Å². The Morgan fingerprint density at radius 2 is 2.20 bits per heavy atom. The van der Waals surface area contributed by atoms with Gasteiger partial charge in [-0.15, -0.1) is 0 Å². The van der Waals surface area contributed by atoms with Crippen molar-refractivity contribution < 1.29 is 9.66 Å². The molecule has 0 unspecified atom stereocenters. The molecule has 20 heavy (non-hydrogen) atoms. The number of pyridine rings is 1. The predicted molar refractivity (Wildman–Crippen MR) is 73.1 cm³/mol. The maximum atomic E-state index is 11.0. The smallest absolute Gasteiger partial charge is 0.331 e. The van der Waals surface area contributed by atoms with Crippen LogP contribution in [-0.2, 0) is 0 Å². The maximum absolute atomic E-state index is 11.0. The molecule has 0 aliphatic heterocycles.